The van der Waals surface area contributed by atoms with Crippen molar-refractivity contribution in [1.29, 1.82) is 0 Å². The van der Waals surface area contributed by atoms with Crippen molar-refractivity contribution in [3.8, 4) is 0 Å². The zero-order chi connectivity index (χ0) is 16.2. The molecule has 0 spiro atoms. The quantitative estimate of drug-likeness (QED) is 0.871. The van der Waals surface area contributed by atoms with Crippen LogP contribution >= 0.6 is 11.8 Å². The van der Waals surface area contributed by atoms with Crippen LogP contribution < -0.4 is 5.32 Å². The number of aryl methyl sites for hydroxylation is 1. The molecular weight excluding hydrogens is 322 g/mol. The Morgan fingerprint density at radius 2 is 2.09 bits per heavy atom. The number of carbonyl (C=O) groups is 1. The summed E-state index contributed by atoms with van der Waals surface area (Å²) in [6.07, 6.45) is 4.28. The van der Waals surface area contributed by atoms with Gasteiger partial charge in [-0.15, -0.1) is 10.2 Å². The maximum atomic E-state index is 13.1. The second kappa shape index (κ2) is 7.08. The summed E-state index contributed by atoms with van der Waals surface area (Å²) < 4.78 is 28.0. The highest BCUT2D eigenvalue weighted by atomic mass is 32.2. The predicted molar refractivity (Wildman–Crippen MR) is 83.3 cm³/mol. The van der Waals surface area contributed by atoms with E-state index in [0.29, 0.717) is 0 Å². The molecule has 1 amide bonds. The smallest absolute Gasteiger partial charge is 0.234 e. The van der Waals surface area contributed by atoms with E-state index in [1.54, 1.807) is 0 Å². The molecule has 0 aliphatic carbocycles. The summed E-state index contributed by atoms with van der Waals surface area (Å²) in [4.78, 5) is 11.9. The van der Waals surface area contributed by atoms with Gasteiger partial charge in [-0.2, -0.15) is 0 Å². The van der Waals surface area contributed by atoms with Crippen molar-refractivity contribution in [1.82, 2.24) is 14.8 Å². The molecule has 5 nitrogen and oxygen atoms in total. The van der Waals surface area contributed by atoms with Gasteiger partial charge in [-0.05, 0) is 25.0 Å². The van der Waals surface area contributed by atoms with Gasteiger partial charge < -0.3 is 9.88 Å². The number of carbonyl (C=O) groups excluding carboxylic acids is 1. The molecule has 1 aromatic heterocycles. The van der Waals surface area contributed by atoms with E-state index in [0.717, 1.165) is 48.9 Å². The van der Waals surface area contributed by atoms with E-state index in [1.165, 1.54) is 24.2 Å². The highest BCUT2D eigenvalue weighted by molar-refractivity contribution is 7.99. The topological polar surface area (TPSA) is 59.8 Å². The lowest BCUT2D eigenvalue weighted by Gasteiger charge is -2.07. The van der Waals surface area contributed by atoms with Gasteiger partial charge in [-0.3, -0.25) is 4.79 Å². The number of nitrogens with one attached hydrogen (secondary N) is 1. The molecule has 23 heavy (non-hydrogen) atoms. The minimum Gasteiger partial charge on any atom is -0.325 e. The number of nitrogens with zero attached hydrogens (tertiary/aromatic N) is 3. The molecule has 122 valence electrons. The van der Waals surface area contributed by atoms with Gasteiger partial charge in [0.05, 0.1) is 5.75 Å². The van der Waals surface area contributed by atoms with Crippen molar-refractivity contribution in [2.75, 3.05) is 11.1 Å². The molecule has 2 aromatic rings. The Balaban J connectivity index is 1.59. The average Bonchev–Trinajstić information content (AvgIpc) is 2.76. The van der Waals surface area contributed by atoms with Crippen LogP contribution in [0.25, 0.3) is 0 Å². The van der Waals surface area contributed by atoms with E-state index in [9.17, 15) is 13.6 Å². The lowest BCUT2D eigenvalue weighted by atomic mass is 10.2. The molecule has 2 heterocycles. The highest BCUT2D eigenvalue weighted by Crippen LogP contribution is 2.22. The number of hydrogen-bond donors (Lipinski definition) is 1. The third-order valence-corrected chi connectivity index (χ3v) is 4.58. The predicted octanol–water partition coefficient (Wildman–Crippen LogP) is 3.01. The van der Waals surface area contributed by atoms with Crippen LogP contribution in [0.4, 0.5) is 14.5 Å². The summed E-state index contributed by atoms with van der Waals surface area (Å²) in [6.45, 7) is 0.870. The van der Waals surface area contributed by atoms with E-state index in [4.69, 9.17) is 0 Å². The molecule has 0 radical (unpaired) electrons. The molecule has 0 bridgehead atoms. The van der Waals surface area contributed by atoms with E-state index < -0.39 is 11.6 Å². The largest absolute Gasteiger partial charge is 0.325 e. The van der Waals surface area contributed by atoms with Gasteiger partial charge in [-0.1, -0.05) is 18.2 Å². The Bertz CT molecular complexity index is 719. The van der Waals surface area contributed by atoms with Crippen LogP contribution in [0.3, 0.4) is 0 Å². The summed E-state index contributed by atoms with van der Waals surface area (Å²) in [5, 5.41) is 11.6. The molecule has 1 N–H and O–H groups in total. The maximum absolute atomic E-state index is 13.1. The molecule has 0 unspecified atom stereocenters. The summed E-state index contributed by atoms with van der Waals surface area (Å²) >= 11 is 1.30. The monoisotopic (exact) mass is 338 g/mol. The zero-order valence-corrected chi connectivity index (χ0v) is 13.2. The Morgan fingerprint density at radius 3 is 2.91 bits per heavy atom. The van der Waals surface area contributed by atoms with Crippen LogP contribution in [0.15, 0.2) is 23.4 Å². The molecule has 1 aliphatic rings. The van der Waals surface area contributed by atoms with Crippen molar-refractivity contribution in [2.24, 2.45) is 0 Å². The van der Waals surface area contributed by atoms with Gasteiger partial charge in [0.1, 0.15) is 5.82 Å². The minimum atomic E-state index is -0.988. The number of thioether (sulfide) groups is 1. The number of halogens is 2. The first kappa shape index (κ1) is 15.9. The Kier molecular flexibility index (Phi) is 4.90. The lowest BCUT2D eigenvalue weighted by Crippen LogP contribution is -2.15. The third-order valence-electron chi connectivity index (χ3n) is 3.61. The third kappa shape index (κ3) is 3.87. The number of hydrogen-bond acceptors (Lipinski definition) is 4. The first-order valence-electron chi connectivity index (χ1n) is 7.43. The first-order valence-corrected chi connectivity index (χ1v) is 8.42. The fraction of sp³-hybridized carbons (Fsp3) is 0.400. The van der Waals surface area contributed by atoms with Crippen LogP contribution in [0.1, 0.15) is 25.1 Å². The number of anilines is 1. The zero-order valence-electron chi connectivity index (χ0n) is 12.4. The van der Waals surface area contributed by atoms with Gasteiger partial charge in [0, 0.05) is 24.7 Å². The summed E-state index contributed by atoms with van der Waals surface area (Å²) in [5.41, 5.74) is 0.231. The molecule has 1 aromatic carbocycles. The van der Waals surface area contributed by atoms with E-state index >= 15 is 0 Å². The summed E-state index contributed by atoms with van der Waals surface area (Å²) in [7, 11) is 0. The number of fused-ring (bicyclic) bond motifs is 1. The van der Waals surface area contributed by atoms with E-state index in [2.05, 4.69) is 20.1 Å². The lowest BCUT2D eigenvalue weighted by molar-refractivity contribution is -0.113. The molecule has 0 saturated carbocycles. The summed E-state index contributed by atoms with van der Waals surface area (Å²) in [5.74, 6) is -1.13. The van der Waals surface area contributed by atoms with Crippen molar-refractivity contribution >= 4 is 23.4 Å². The average molecular weight is 338 g/mol. The fourth-order valence-electron chi connectivity index (χ4n) is 2.47. The SMILES string of the molecule is O=C(CSc1nnc2n1CCCCC2)Nc1ccc(F)c(F)c1. The van der Waals surface area contributed by atoms with Crippen molar-refractivity contribution in [2.45, 2.75) is 37.4 Å². The fourth-order valence-corrected chi connectivity index (χ4v) is 3.25. The van der Waals surface area contributed by atoms with Gasteiger partial charge in [0.2, 0.25) is 5.91 Å². The standard InChI is InChI=1S/C15H16F2N4OS/c16-11-6-5-10(8-12(11)17)18-14(22)9-23-15-20-19-13-4-2-1-3-7-21(13)15/h5-6,8H,1-4,7,9H2,(H,18,22). The van der Waals surface area contributed by atoms with E-state index in [-0.39, 0.29) is 17.3 Å². The van der Waals surface area contributed by atoms with Crippen molar-refractivity contribution < 1.29 is 13.6 Å². The molecule has 8 heteroatoms. The van der Waals surface area contributed by atoms with E-state index in [1.807, 2.05) is 0 Å². The molecule has 0 saturated heterocycles. The van der Waals surface area contributed by atoms with Gasteiger partial charge in [-0.25, -0.2) is 8.78 Å². The number of benzene rings is 1. The maximum Gasteiger partial charge on any atom is 0.234 e. The van der Waals surface area contributed by atoms with Gasteiger partial charge in [0.15, 0.2) is 16.8 Å². The molecule has 1 aliphatic heterocycles. The van der Waals surface area contributed by atoms with Crippen molar-refractivity contribution in [3.63, 3.8) is 0 Å². The van der Waals surface area contributed by atoms with Crippen molar-refractivity contribution in [3.05, 3.63) is 35.7 Å². The number of amides is 1. The normalized spacial score (nSPS) is 14.2. The second-order valence-electron chi connectivity index (χ2n) is 5.33. The van der Waals surface area contributed by atoms with Crippen LogP contribution in [-0.4, -0.2) is 26.4 Å². The molecule has 0 atom stereocenters. The molecule has 0 fully saturated rings. The minimum absolute atomic E-state index is 0.136. The Hall–Kier alpha value is -1.96. The Labute approximate surface area is 136 Å². The van der Waals surface area contributed by atoms with Crippen LogP contribution in [-0.2, 0) is 17.8 Å². The van der Waals surface area contributed by atoms with Crippen LogP contribution in [0, 0.1) is 11.6 Å². The van der Waals surface area contributed by atoms with Crippen LogP contribution in [0.2, 0.25) is 0 Å². The van der Waals surface area contributed by atoms with Gasteiger partial charge in [0.25, 0.3) is 0 Å². The molecular formula is C15H16F2N4OS. The Morgan fingerprint density at radius 1 is 1.22 bits per heavy atom. The van der Waals surface area contributed by atoms with Gasteiger partial charge >= 0.3 is 0 Å². The number of aromatic nitrogens is 3. The molecule has 3 rings (SSSR count). The summed E-state index contributed by atoms with van der Waals surface area (Å²) in [6, 6.07) is 3.27. The van der Waals surface area contributed by atoms with Crippen LogP contribution in [0.5, 0.6) is 0 Å². The first-order chi connectivity index (χ1) is 11.1. The number of rotatable bonds is 4. The second-order valence-corrected chi connectivity index (χ2v) is 6.27. The highest BCUT2D eigenvalue weighted by Gasteiger charge is 2.16.